The molecule has 1 amide bonds. The topological polar surface area (TPSA) is 102 Å². The van der Waals surface area contributed by atoms with Crippen molar-refractivity contribution in [2.75, 3.05) is 26.2 Å². The number of carbonyl (C=O) groups excluding carboxylic acids is 1. The van der Waals surface area contributed by atoms with Gasteiger partial charge in [-0.15, -0.1) is 0 Å². The standard InChI is InChI=1S/C22H27N7O3/c1-16-20(17(2)28(24-16)19-7-5-4-6-8-19)14-25-9-11-26(12-10-25)22(30)15-27-18(3)21(13-23-27)29(31)32/h4-8,13H,9-12,14-15H2,1-3H3. The fraction of sp³-hybridized carbons (Fsp3) is 0.409. The van der Waals surface area contributed by atoms with Gasteiger partial charge in [0.15, 0.2) is 0 Å². The van der Waals surface area contributed by atoms with Crippen molar-refractivity contribution >= 4 is 11.6 Å². The molecule has 10 nitrogen and oxygen atoms in total. The number of benzene rings is 1. The van der Waals surface area contributed by atoms with Crippen LogP contribution in [0.4, 0.5) is 5.69 Å². The molecule has 0 N–H and O–H groups in total. The van der Waals surface area contributed by atoms with Crippen molar-refractivity contribution in [3.05, 3.63) is 69.3 Å². The lowest BCUT2D eigenvalue weighted by Crippen LogP contribution is -2.49. The van der Waals surface area contributed by atoms with Crippen LogP contribution in [0.3, 0.4) is 0 Å². The van der Waals surface area contributed by atoms with E-state index < -0.39 is 4.92 Å². The fourth-order valence-electron chi connectivity index (χ4n) is 4.11. The Balaban J connectivity index is 1.36. The van der Waals surface area contributed by atoms with Crippen LogP contribution in [-0.2, 0) is 17.9 Å². The van der Waals surface area contributed by atoms with Crippen LogP contribution in [0.2, 0.25) is 0 Å². The van der Waals surface area contributed by atoms with E-state index in [1.165, 1.54) is 16.4 Å². The first-order chi connectivity index (χ1) is 15.3. The summed E-state index contributed by atoms with van der Waals surface area (Å²) in [6, 6.07) is 10.1. The number of aryl methyl sites for hydroxylation is 1. The molecule has 1 aliphatic heterocycles. The Kier molecular flexibility index (Phi) is 6.04. The van der Waals surface area contributed by atoms with Crippen molar-refractivity contribution in [1.82, 2.24) is 29.4 Å². The van der Waals surface area contributed by atoms with Gasteiger partial charge in [0.2, 0.25) is 5.91 Å². The maximum atomic E-state index is 12.7. The molecular formula is C22H27N7O3. The van der Waals surface area contributed by atoms with Crippen LogP contribution in [0.5, 0.6) is 0 Å². The molecule has 0 aliphatic carbocycles. The van der Waals surface area contributed by atoms with Crippen molar-refractivity contribution < 1.29 is 9.72 Å². The number of nitro groups is 1. The third kappa shape index (κ3) is 4.26. The number of carbonyl (C=O) groups is 1. The van der Waals surface area contributed by atoms with Crippen LogP contribution in [0.15, 0.2) is 36.5 Å². The highest BCUT2D eigenvalue weighted by Crippen LogP contribution is 2.21. The molecule has 3 aromatic rings. The zero-order chi connectivity index (χ0) is 22.8. The van der Waals surface area contributed by atoms with E-state index in [9.17, 15) is 14.9 Å². The van der Waals surface area contributed by atoms with Gasteiger partial charge in [0.1, 0.15) is 18.4 Å². The van der Waals surface area contributed by atoms with Crippen LogP contribution < -0.4 is 0 Å². The van der Waals surface area contributed by atoms with Gasteiger partial charge in [-0.2, -0.15) is 10.2 Å². The third-order valence-electron chi connectivity index (χ3n) is 6.11. The zero-order valence-electron chi connectivity index (χ0n) is 18.6. The van der Waals surface area contributed by atoms with E-state index in [1.807, 2.05) is 41.9 Å². The van der Waals surface area contributed by atoms with Crippen LogP contribution in [-0.4, -0.2) is 66.4 Å². The molecule has 0 unspecified atom stereocenters. The van der Waals surface area contributed by atoms with E-state index in [0.29, 0.717) is 18.8 Å². The molecular weight excluding hydrogens is 410 g/mol. The number of hydrogen-bond donors (Lipinski definition) is 0. The molecule has 2 aromatic heterocycles. The van der Waals surface area contributed by atoms with Gasteiger partial charge >= 0.3 is 5.69 Å². The summed E-state index contributed by atoms with van der Waals surface area (Å²) in [4.78, 5) is 27.3. The maximum Gasteiger partial charge on any atom is 0.309 e. The average Bonchev–Trinajstić information content (AvgIpc) is 3.29. The summed E-state index contributed by atoms with van der Waals surface area (Å²) in [7, 11) is 0. The summed E-state index contributed by atoms with van der Waals surface area (Å²) in [6.07, 6.45) is 1.20. The van der Waals surface area contributed by atoms with Gasteiger partial charge in [-0.1, -0.05) is 18.2 Å². The number of aromatic nitrogens is 4. The van der Waals surface area contributed by atoms with Crippen LogP contribution in [0.1, 0.15) is 22.6 Å². The van der Waals surface area contributed by atoms with Crippen molar-refractivity contribution in [1.29, 1.82) is 0 Å². The normalized spacial score (nSPS) is 14.7. The van der Waals surface area contributed by atoms with Gasteiger partial charge in [0.05, 0.1) is 16.3 Å². The summed E-state index contributed by atoms with van der Waals surface area (Å²) in [6.45, 7) is 9.30. The second kappa shape index (κ2) is 8.91. The number of hydrogen-bond acceptors (Lipinski definition) is 6. The predicted molar refractivity (Wildman–Crippen MR) is 119 cm³/mol. The molecule has 1 fully saturated rings. The zero-order valence-corrected chi connectivity index (χ0v) is 18.6. The molecule has 168 valence electrons. The number of amides is 1. The Bertz CT molecular complexity index is 1130. The summed E-state index contributed by atoms with van der Waals surface area (Å²) in [5.41, 5.74) is 4.73. The van der Waals surface area contributed by atoms with Crippen LogP contribution >= 0.6 is 0 Å². The summed E-state index contributed by atoms with van der Waals surface area (Å²) in [5, 5.41) is 19.7. The van der Waals surface area contributed by atoms with Gasteiger partial charge in [-0.05, 0) is 32.9 Å². The Morgan fingerprint density at radius 1 is 1.06 bits per heavy atom. The second-order valence-electron chi connectivity index (χ2n) is 8.08. The Morgan fingerprint density at radius 2 is 1.75 bits per heavy atom. The molecule has 0 bridgehead atoms. The molecule has 0 saturated carbocycles. The maximum absolute atomic E-state index is 12.7. The Morgan fingerprint density at radius 3 is 2.38 bits per heavy atom. The first-order valence-corrected chi connectivity index (χ1v) is 10.6. The highest BCUT2D eigenvalue weighted by Gasteiger charge is 2.25. The van der Waals surface area contributed by atoms with Gasteiger partial charge in [-0.25, -0.2) is 4.68 Å². The lowest BCUT2D eigenvalue weighted by molar-refractivity contribution is -0.385. The van der Waals surface area contributed by atoms with Gasteiger partial charge in [0, 0.05) is 44.0 Å². The number of para-hydroxylation sites is 1. The van der Waals surface area contributed by atoms with E-state index in [2.05, 4.69) is 16.9 Å². The molecule has 0 radical (unpaired) electrons. The van der Waals surface area contributed by atoms with Gasteiger partial charge < -0.3 is 4.90 Å². The van der Waals surface area contributed by atoms with Crippen molar-refractivity contribution in [3.63, 3.8) is 0 Å². The monoisotopic (exact) mass is 437 g/mol. The summed E-state index contributed by atoms with van der Waals surface area (Å²) >= 11 is 0. The SMILES string of the molecule is Cc1nn(-c2ccccc2)c(C)c1CN1CCN(C(=O)Cn2ncc([N+](=O)[O-])c2C)CC1. The lowest BCUT2D eigenvalue weighted by atomic mass is 10.1. The first-order valence-electron chi connectivity index (χ1n) is 10.6. The van der Waals surface area contributed by atoms with E-state index >= 15 is 0 Å². The van der Waals surface area contributed by atoms with E-state index in [-0.39, 0.29) is 18.1 Å². The summed E-state index contributed by atoms with van der Waals surface area (Å²) < 4.78 is 3.38. The minimum absolute atomic E-state index is 0.0156. The Hall–Kier alpha value is -3.53. The smallest absolute Gasteiger partial charge is 0.309 e. The molecule has 0 atom stereocenters. The first kappa shape index (κ1) is 21.7. The van der Waals surface area contributed by atoms with Crippen LogP contribution in [0.25, 0.3) is 5.69 Å². The molecule has 32 heavy (non-hydrogen) atoms. The van der Waals surface area contributed by atoms with E-state index in [1.54, 1.807) is 11.8 Å². The molecule has 0 spiro atoms. The highest BCUT2D eigenvalue weighted by atomic mass is 16.6. The Labute approximate surface area is 186 Å². The minimum atomic E-state index is -0.480. The second-order valence-corrected chi connectivity index (χ2v) is 8.08. The molecule has 1 aromatic carbocycles. The molecule has 1 saturated heterocycles. The highest BCUT2D eigenvalue weighted by molar-refractivity contribution is 5.76. The van der Waals surface area contributed by atoms with E-state index in [4.69, 9.17) is 5.10 Å². The number of rotatable bonds is 6. The summed E-state index contributed by atoms with van der Waals surface area (Å²) in [5.74, 6) is -0.0741. The largest absolute Gasteiger partial charge is 0.339 e. The molecule has 3 heterocycles. The fourth-order valence-corrected chi connectivity index (χ4v) is 4.11. The quantitative estimate of drug-likeness (QED) is 0.433. The van der Waals surface area contributed by atoms with Crippen LogP contribution in [0, 0.1) is 30.9 Å². The van der Waals surface area contributed by atoms with E-state index in [0.717, 1.165) is 36.7 Å². The minimum Gasteiger partial charge on any atom is -0.339 e. The van der Waals surface area contributed by atoms with Gasteiger partial charge in [-0.3, -0.25) is 24.5 Å². The molecule has 10 heteroatoms. The molecule has 1 aliphatic rings. The van der Waals surface area contributed by atoms with Gasteiger partial charge in [0.25, 0.3) is 0 Å². The molecule has 4 rings (SSSR count). The third-order valence-corrected chi connectivity index (χ3v) is 6.11. The number of nitrogens with zero attached hydrogens (tertiary/aromatic N) is 7. The van der Waals surface area contributed by atoms with Crippen molar-refractivity contribution in [3.8, 4) is 5.69 Å². The average molecular weight is 438 g/mol. The van der Waals surface area contributed by atoms with Crippen molar-refractivity contribution in [2.24, 2.45) is 0 Å². The van der Waals surface area contributed by atoms with Crippen molar-refractivity contribution in [2.45, 2.75) is 33.9 Å². The predicted octanol–water partition coefficient (Wildman–Crippen LogP) is 2.25. The number of piperazine rings is 1. The lowest BCUT2D eigenvalue weighted by Gasteiger charge is -2.34.